The maximum Gasteiger partial charge on any atom is 0.233 e. The first kappa shape index (κ1) is 20.5. The van der Waals surface area contributed by atoms with Gasteiger partial charge in [-0.15, -0.1) is 10.2 Å². The van der Waals surface area contributed by atoms with Crippen LogP contribution in [0.3, 0.4) is 0 Å². The highest BCUT2D eigenvalue weighted by Crippen LogP contribution is 2.30. The van der Waals surface area contributed by atoms with E-state index in [1.165, 1.54) is 11.8 Å². The summed E-state index contributed by atoms with van der Waals surface area (Å²) in [5.74, 6) is 1.66. The summed E-state index contributed by atoms with van der Waals surface area (Å²) in [6.07, 6.45) is 2.88. The summed E-state index contributed by atoms with van der Waals surface area (Å²) >= 11 is 1.48. The molecular formula is C23H26N4O2S. The molecule has 0 unspecified atom stereocenters. The predicted octanol–water partition coefficient (Wildman–Crippen LogP) is 4.22. The van der Waals surface area contributed by atoms with Crippen molar-refractivity contribution in [1.29, 1.82) is 0 Å². The summed E-state index contributed by atoms with van der Waals surface area (Å²) in [5, 5.41) is 12.4. The van der Waals surface area contributed by atoms with E-state index in [4.69, 9.17) is 4.74 Å². The fourth-order valence-corrected chi connectivity index (χ4v) is 4.75. The quantitative estimate of drug-likeness (QED) is 0.644. The van der Waals surface area contributed by atoms with Gasteiger partial charge < -0.3 is 10.1 Å². The molecule has 4 rings (SSSR count). The van der Waals surface area contributed by atoms with E-state index < -0.39 is 0 Å². The Labute approximate surface area is 181 Å². The number of aromatic nitrogens is 3. The van der Waals surface area contributed by atoms with Gasteiger partial charge in [-0.25, -0.2) is 0 Å². The summed E-state index contributed by atoms with van der Waals surface area (Å²) < 4.78 is 8.14. The molecule has 0 spiro atoms. The average Bonchev–Trinajstić information content (AvgIpc) is 3.03. The van der Waals surface area contributed by atoms with E-state index in [-0.39, 0.29) is 11.2 Å². The van der Waals surface area contributed by atoms with E-state index in [2.05, 4.69) is 15.5 Å². The second-order valence-corrected chi connectivity index (χ2v) is 8.64. The number of thioether (sulfide) groups is 1. The SMILES string of the molecule is Cc1cccc(C)c1OCc1nnc(S[C@H]2CCCCNC2=O)n1-c1ccccc1. The van der Waals surface area contributed by atoms with Gasteiger partial charge in [0.1, 0.15) is 12.4 Å². The molecule has 1 atom stereocenters. The maximum absolute atomic E-state index is 12.4. The fraction of sp³-hybridized carbons (Fsp3) is 0.348. The van der Waals surface area contributed by atoms with Crippen LogP contribution >= 0.6 is 11.8 Å². The zero-order chi connectivity index (χ0) is 20.9. The van der Waals surface area contributed by atoms with Crippen LogP contribution in [0.1, 0.15) is 36.2 Å². The zero-order valence-electron chi connectivity index (χ0n) is 17.3. The van der Waals surface area contributed by atoms with Gasteiger partial charge in [0.05, 0.1) is 5.25 Å². The standard InChI is InChI=1S/C23H26N4O2S/c1-16-9-8-10-17(2)21(16)29-15-20-25-26-23(27(20)18-11-4-3-5-12-18)30-19-13-6-7-14-24-22(19)28/h3-5,8-12,19H,6-7,13-15H2,1-2H3,(H,24,28)/t19-/m0/s1. The lowest BCUT2D eigenvalue weighted by molar-refractivity contribution is -0.120. The van der Waals surface area contributed by atoms with Crippen LogP contribution < -0.4 is 10.1 Å². The van der Waals surface area contributed by atoms with E-state index in [0.717, 1.165) is 48.4 Å². The van der Waals surface area contributed by atoms with Crippen molar-refractivity contribution in [2.45, 2.75) is 50.1 Å². The van der Waals surface area contributed by atoms with Crippen molar-refractivity contribution in [2.75, 3.05) is 6.54 Å². The summed E-state index contributed by atoms with van der Waals surface area (Å²) in [5.41, 5.74) is 3.13. The molecule has 3 aromatic rings. The van der Waals surface area contributed by atoms with Gasteiger partial charge in [-0.1, -0.05) is 54.6 Å². The summed E-state index contributed by atoms with van der Waals surface area (Å²) in [4.78, 5) is 12.4. The number of carbonyl (C=O) groups excluding carboxylic acids is 1. The maximum atomic E-state index is 12.4. The van der Waals surface area contributed by atoms with Crippen molar-refractivity contribution in [3.63, 3.8) is 0 Å². The minimum Gasteiger partial charge on any atom is -0.485 e. The van der Waals surface area contributed by atoms with Gasteiger partial charge in [0.15, 0.2) is 11.0 Å². The Morgan fingerprint density at radius 2 is 1.83 bits per heavy atom. The van der Waals surface area contributed by atoms with Gasteiger partial charge in [-0.2, -0.15) is 0 Å². The van der Waals surface area contributed by atoms with Crippen molar-refractivity contribution in [3.8, 4) is 11.4 Å². The zero-order valence-corrected chi connectivity index (χ0v) is 18.1. The summed E-state index contributed by atoms with van der Waals surface area (Å²) in [6, 6.07) is 16.1. The van der Waals surface area contributed by atoms with E-state index in [0.29, 0.717) is 17.6 Å². The van der Waals surface area contributed by atoms with Gasteiger partial charge in [0.25, 0.3) is 0 Å². The lowest BCUT2D eigenvalue weighted by Gasteiger charge is -2.15. The molecule has 156 valence electrons. The van der Waals surface area contributed by atoms with Gasteiger partial charge in [0.2, 0.25) is 5.91 Å². The predicted molar refractivity (Wildman–Crippen MR) is 118 cm³/mol. The van der Waals surface area contributed by atoms with Gasteiger partial charge >= 0.3 is 0 Å². The molecule has 1 aromatic heterocycles. The average molecular weight is 423 g/mol. The number of hydrogen-bond donors (Lipinski definition) is 1. The molecule has 0 saturated carbocycles. The number of benzene rings is 2. The number of hydrogen-bond acceptors (Lipinski definition) is 5. The topological polar surface area (TPSA) is 69.0 Å². The third-order valence-corrected chi connectivity index (χ3v) is 6.41. The summed E-state index contributed by atoms with van der Waals surface area (Å²) in [6.45, 7) is 5.12. The number of para-hydroxylation sites is 2. The van der Waals surface area contributed by atoms with Crippen molar-refractivity contribution in [2.24, 2.45) is 0 Å². The first-order valence-electron chi connectivity index (χ1n) is 10.3. The first-order chi connectivity index (χ1) is 14.6. The molecule has 1 N–H and O–H groups in total. The Morgan fingerprint density at radius 1 is 1.07 bits per heavy atom. The molecular weight excluding hydrogens is 396 g/mol. The second-order valence-electron chi connectivity index (χ2n) is 7.47. The highest BCUT2D eigenvalue weighted by molar-refractivity contribution is 8.00. The number of rotatable bonds is 6. The van der Waals surface area contributed by atoms with E-state index >= 15 is 0 Å². The Balaban J connectivity index is 1.63. The van der Waals surface area contributed by atoms with Crippen LogP contribution in [0.25, 0.3) is 5.69 Å². The Hall–Kier alpha value is -2.80. The Bertz CT molecular complexity index is 999. The van der Waals surface area contributed by atoms with E-state index in [1.54, 1.807) is 0 Å². The van der Waals surface area contributed by atoms with Crippen LogP contribution in [-0.4, -0.2) is 32.5 Å². The molecule has 2 heterocycles. The summed E-state index contributed by atoms with van der Waals surface area (Å²) in [7, 11) is 0. The van der Waals surface area contributed by atoms with Crippen LogP contribution in [0.4, 0.5) is 0 Å². The Kier molecular flexibility index (Phi) is 6.38. The molecule has 7 heteroatoms. The highest BCUT2D eigenvalue weighted by atomic mass is 32.2. The number of ether oxygens (including phenoxy) is 1. The van der Waals surface area contributed by atoms with Crippen LogP contribution in [0.15, 0.2) is 53.7 Å². The van der Waals surface area contributed by atoms with Crippen molar-refractivity contribution in [3.05, 3.63) is 65.5 Å². The molecule has 1 aliphatic heterocycles. The molecule has 1 saturated heterocycles. The van der Waals surface area contributed by atoms with Crippen molar-refractivity contribution < 1.29 is 9.53 Å². The van der Waals surface area contributed by atoms with Gasteiger partial charge in [0, 0.05) is 12.2 Å². The largest absolute Gasteiger partial charge is 0.485 e. The molecule has 0 bridgehead atoms. The molecule has 0 aliphatic carbocycles. The number of nitrogens with one attached hydrogen (secondary N) is 1. The number of amides is 1. The number of carbonyl (C=O) groups is 1. The second kappa shape index (κ2) is 9.34. The van der Waals surface area contributed by atoms with E-state index in [1.807, 2.05) is 66.9 Å². The molecule has 1 amide bonds. The van der Waals surface area contributed by atoms with Crippen LogP contribution in [0.2, 0.25) is 0 Å². The van der Waals surface area contributed by atoms with Gasteiger partial charge in [-0.05, 0) is 49.9 Å². The Morgan fingerprint density at radius 3 is 2.60 bits per heavy atom. The number of nitrogens with zero attached hydrogens (tertiary/aromatic N) is 3. The fourth-order valence-electron chi connectivity index (χ4n) is 3.62. The van der Waals surface area contributed by atoms with Gasteiger partial charge in [-0.3, -0.25) is 9.36 Å². The van der Waals surface area contributed by atoms with Crippen molar-refractivity contribution in [1.82, 2.24) is 20.1 Å². The third kappa shape index (κ3) is 4.51. The highest BCUT2D eigenvalue weighted by Gasteiger charge is 2.26. The molecule has 6 nitrogen and oxygen atoms in total. The smallest absolute Gasteiger partial charge is 0.233 e. The van der Waals surface area contributed by atoms with Crippen molar-refractivity contribution >= 4 is 17.7 Å². The molecule has 2 aromatic carbocycles. The molecule has 1 fully saturated rings. The lowest BCUT2D eigenvalue weighted by atomic mass is 10.1. The van der Waals surface area contributed by atoms with Crippen LogP contribution in [0, 0.1) is 13.8 Å². The minimum absolute atomic E-state index is 0.0773. The molecule has 0 radical (unpaired) electrons. The monoisotopic (exact) mass is 422 g/mol. The van der Waals surface area contributed by atoms with Crippen LogP contribution in [0.5, 0.6) is 5.75 Å². The van der Waals surface area contributed by atoms with E-state index in [9.17, 15) is 4.79 Å². The lowest BCUT2D eigenvalue weighted by Crippen LogP contribution is -2.30. The normalized spacial score (nSPS) is 16.7. The molecule has 30 heavy (non-hydrogen) atoms. The van der Waals surface area contributed by atoms with Crippen LogP contribution in [-0.2, 0) is 11.4 Å². The number of aryl methyl sites for hydroxylation is 2. The minimum atomic E-state index is -0.161. The molecule has 1 aliphatic rings. The first-order valence-corrected chi connectivity index (χ1v) is 11.1. The third-order valence-electron chi connectivity index (χ3n) is 5.20.